The quantitative estimate of drug-likeness (QED) is 0.447. The molecule has 236 valence electrons. The van der Waals surface area contributed by atoms with Crippen molar-refractivity contribution in [1.29, 1.82) is 0 Å². The molecule has 1 aromatic rings. The number of fused-ring (bicyclic) bond motifs is 2. The molecule has 0 radical (unpaired) electrons. The van der Waals surface area contributed by atoms with E-state index in [1.54, 1.807) is 52.7 Å². The fourth-order valence-electron chi connectivity index (χ4n) is 12.2. The molecule has 6 aliphatic rings. The Morgan fingerprint density at radius 2 is 1.72 bits per heavy atom. The maximum absolute atomic E-state index is 13.7. The Kier molecular flexibility index (Phi) is 6.86. The normalized spacial score (nSPS) is 49.0. The first-order chi connectivity index (χ1) is 20.6. The predicted molar refractivity (Wildman–Crippen MR) is 153 cm³/mol. The molecule has 0 aromatic heterocycles. The summed E-state index contributed by atoms with van der Waals surface area (Å²) < 4.78 is 38.0. The minimum absolute atomic E-state index is 0.0201. The lowest BCUT2D eigenvalue weighted by Crippen LogP contribution is -2.77. The van der Waals surface area contributed by atoms with Gasteiger partial charge in [0.2, 0.25) is 0 Å². The molecule has 1 saturated heterocycles. The van der Waals surface area contributed by atoms with E-state index < -0.39 is 46.7 Å². The number of esters is 2. The van der Waals surface area contributed by atoms with Crippen molar-refractivity contribution in [2.45, 2.75) is 74.3 Å². The van der Waals surface area contributed by atoms with Crippen LogP contribution >= 0.6 is 0 Å². The summed E-state index contributed by atoms with van der Waals surface area (Å²) in [6, 6.07) is 8.77. The summed E-state index contributed by atoms with van der Waals surface area (Å²) in [5, 5.41) is 12.7. The number of hydrogen-bond donors (Lipinski definition) is 1. The van der Waals surface area contributed by atoms with E-state index in [9.17, 15) is 14.7 Å². The fourth-order valence-corrected chi connectivity index (χ4v) is 12.2. The number of hydrogen-bond acceptors (Lipinski definition) is 10. The van der Waals surface area contributed by atoms with Gasteiger partial charge in [-0.1, -0.05) is 18.2 Å². The van der Waals surface area contributed by atoms with Crippen LogP contribution < -0.4 is 0 Å². The van der Waals surface area contributed by atoms with Crippen LogP contribution in [0.1, 0.15) is 43.0 Å². The average molecular weight is 600 g/mol. The maximum Gasteiger partial charge on any atom is 0.338 e. The summed E-state index contributed by atoms with van der Waals surface area (Å²) in [5.41, 5.74) is -2.88. The first-order valence-corrected chi connectivity index (χ1v) is 15.5. The Hall–Kier alpha value is -2.08. The fraction of sp³-hybridized carbons (Fsp3) is 0.758. The number of likely N-dealkylation sites (tertiary alicyclic amines) is 1. The van der Waals surface area contributed by atoms with Crippen molar-refractivity contribution < 1.29 is 43.1 Å². The van der Waals surface area contributed by atoms with Crippen LogP contribution in [0.15, 0.2) is 30.3 Å². The van der Waals surface area contributed by atoms with Gasteiger partial charge in [0.1, 0.15) is 17.3 Å². The van der Waals surface area contributed by atoms with E-state index in [-0.39, 0.29) is 47.8 Å². The van der Waals surface area contributed by atoms with Crippen molar-refractivity contribution in [1.82, 2.24) is 4.90 Å². The number of rotatable bonds is 8. The summed E-state index contributed by atoms with van der Waals surface area (Å²) in [4.78, 5) is 29.2. The van der Waals surface area contributed by atoms with Crippen LogP contribution in [-0.4, -0.2) is 112 Å². The molecule has 5 saturated carbocycles. The molecule has 43 heavy (non-hydrogen) atoms. The monoisotopic (exact) mass is 599 g/mol. The first kappa shape index (κ1) is 29.6. The highest BCUT2D eigenvalue weighted by Gasteiger charge is 2.89. The molecule has 1 N–H and O–H groups in total. The molecule has 7 bridgehead atoms. The van der Waals surface area contributed by atoms with Gasteiger partial charge in [0, 0.05) is 83.0 Å². The van der Waals surface area contributed by atoms with Gasteiger partial charge >= 0.3 is 11.9 Å². The molecule has 5 aliphatic carbocycles. The number of carbonyl (C=O) groups excluding carboxylic acids is 2. The first-order valence-electron chi connectivity index (χ1n) is 15.5. The average Bonchev–Trinajstić information content (AvgIpc) is 3.37. The summed E-state index contributed by atoms with van der Waals surface area (Å²) in [7, 11) is 9.01. The van der Waals surface area contributed by atoms with Crippen LogP contribution in [0.4, 0.5) is 0 Å². The van der Waals surface area contributed by atoms with Gasteiger partial charge in [-0.05, 0) is 44.4 Å². The number of aliphatic hydroxyl groups is 1. The van der Waals surface area contributed by atoms with Gasteiger partial charge in [-0.15, -0.1) is 0 Å². The van der Waals surface area contributed by atoms with E-state index in [1.165, 1.54) is 6.92 Å². The predicted octanol–water partition coefficient (Wildman–Crippen LogP) is 2.32. The molecule has 10 heteroatoms. The number of nitrogens with zero attached hydrogens (tertiary/aromatic N) is 1. The highest BCUT2D eigenvalue weighted by Crippen LogP contribution is 2.80. The molecule has 1 aliphatic heterocycles. The van der Waals surface area contributed by atoms with Gasteiger partial charge in [0.15, 0.2) is 0 Å². The lowest BCUT2D eigenvalue weighted by molar-refractivity contribution is -0.285. The highest BCUT2D eigenvalue weighted by atomic mass is 16.6. The minimum Gasteiger partial charge on any atom is -0.458 e. The number of ether oxygens (including phenoxy) is 6. The molecule has 13 atom stereocenters. The number of methoxy groups -OCH3 is 4. The van der Waals surface area contributed by atoms with E-state index in [4.69, 9.17) is 28.4 Å². The van der Waals surface area contributed by atoms with E-state index in [0.29, 0.717) is 18.6 Å². The van der Waals surface area contributed by atoms with E-state index in [2.05, 4.69) is 11.9 Å². The standard InChI is InChI=1S/C33H45NO9/c1-18(35)43-32-15-22(40-5)31(37)14-20(23(32)28(31)42-29(36)19-10-8-7-9-11-19)33-21(39-4)12-13-30(17-38-3)16-34(2)27(33)24(32)25(41-6)26(30)33/h7-11,20-28,37H,12-17H2,1-6H3/t20-,21+,22+,23-,24?,25+,26-,27?,28-,30+,31+,32-,33+/m1/s1. The minimum atomic E-state index is -1.48. The molecular formula is C33H45NO9. The molecule has 1 spiro atoms. The molecule has 1 aromatic carbocycles. The summed E-state index contributed by atoms with van der Waals surface area (Å²) in [6.07, 6.45) is 0.272. The number of carbonyl (C=O) groups is 2. The third-order valence-corrected chi connectivity index (χ3v) is 12.7. The Morgan fingerprint density at radius 1 is 1.00 bits per heavy atom. The van der Waals surface area contributed by atoms with Crippen LogP contribution in [0.3, 0.4) is 0 Å². The van der Waals surface area contributed by atoms with Crippen LogP contribution in [0.5, 0.6) is 0 Å². The van der Waals surface area contributed by atoms with Crippen molar-refractivity contribution >= 4 is 11.9 Å². The van der Waals surface area contributed by atoms with Crippen molar-refractivity contribution in [2.24, 2.45) is 34.5 Å². The Bertz CT molecular complexity index is 1280. The molecule has 6 fully saturated rings. The van der Waals surface area contributed by atoms with Crippen LogP contribution in [0.25, 0.3) is 0 Å². The van der Waals surface area contributed by atoms with Crippen molar-refractivity contribution in [2.75, 3.05) is 48.6 Å². The van der Waals surface area contributed by atoms with Crippen molar-refractivity contribution in [3.63, 3.8) is 0 Å². The van der Waals surface area contributed by atoms with Crippen LogP contribution in [0.2, 0.25) is 0 Å². The van der Waals surface area contributed by atoms with E-state index in [0.717, 1.165) is 19.4 Å². The molecule has 10 nitrogen and oxygen atoms in total. The Labute approximate surface area is 253 Å². The smallest absolute Gasteiger partial charge is 0.338 e. The molecule has 1 heterocycles. The lowest BCUT2D eigenvalue weighted by atomic mass is 9.43. The number of benzene rings is 1. The Morgan fingerprint density at radius 3 is 2.35 bits per heavy atom. The summed E-state index contributed by atoms with van der Waals surface area (Å²) >= 11 is 0. The van der Waals surface area contributed by atoms with Gasteiger partial charge in [0.25, 0.3) is 0 Å². The summed E-state index contributed by atoms with van der Waals surface area (Å²) in [5.74, 6) is -1.87. The van der Waals surface area contributed by atoms with Crippen LogP contribution in [0, 0.1) is 34.5 Å². The third kappa shape index (κ3) is 3.51. The zero-order valence-electron chi connectivity index (χ0n) is 26.0. The van der Waals surface area contributed by atoms with Crippen molar-refractivity contribution in [3.8, 4) is 0 Å². The van der Waals surface area contributed by atoms with Crippen LogP contribution in [-0.2, 0) is 33.2 Å². The molecule has 7 rings (SSSR count). The van der Waals surface area contributed by atoms with E-state index >= 15 is 0 Å². The largest absolute Gasteiger partial charge is 0.458 e. The van der Waals surface area contributed by atoms with Gasteiger partial charge in [-0.25, -0.2) is 4.79 Å². The highest BCUT2D eigenvalue weighted by molar-refractivity contribution is 5.89. The second kappa shape index (κ2) is 9.96. The zero-order valence-corrected chi connectivity index (χ0v) is 26.0. The van der Waals surface area contributed by atoms with Gasteiger partial charge in [-0.3, -0.25) is 4.79 Å². The topological polar surface area (TPSA) is 113 Å². The third-order valence-electron chi connectivity index (χ3n) is 12.7. The van der Waals surface area contributed by atoms with E-state index in [1.807, 2.05) is 6.07 Å². The molecule has 2 unspecified atom stereocenters. The van der Waals surface area contributed by atoms with Gasteiger partial charge < -0.3 is 38.4 Å². The maximum atomic E-state index is 13.7. The lowest BCUT2D eigenvalue weighted by Gasteiger charge is -2.69. The second-order valence-electron chi connectivity index (χ2n) is 14.1. The second-order valence-corrected chi connectivity index (χ2v) is 14.1. The SMILES string of the molecule is COC[C@@]12CC[C@H](OC)[C@]34C(C([C@H](OC)[C@H]13)[C@@]1(OC(C)=O)C[C@H](OC)[C@@]3(O)C[C@@H]4[C@@H]1[C@H]3OC(=O)c1ccccc1)N(C)C2. The molecular weight excluding hydrogens is 554 g/mol. The zero-order chi connectivity index (χ0) is 30.5. The summed E-state index contributed by atoms with van der Waals surface area (Å²) in [6.45, 7) is 2.82. The van der Waals surface area contributed by atoms with Crippen molar-refractivity contribution in [3.05, 3.63) is 35.9 Å². The van der Waals surface area contributed by atoms with Gasteiger partial charge in [-0.2, -0.15) is 0 Å². The number of piperidine rings is 1. The molecule has 0 amide bonds. The Balaban J connectivity index is 1.48. The van der Waals surface area contributed by atoms with Gasteiger partial charge in [0.05, 0.1) is 30.5 Å².